The summed E-state index contributed by atoms with van der Waals surface area (Å²) in [7, 11) is 3.13. The highest BCUT2D eigenvalue weighted by Crippen LogP contribution is 2.36. The van der Waals surface area contributed by atoms with Crippen molar-refractivity contribution in [1.29, 1.82) is 0 Å². The molecule has 0 aliphatic heterocycles. The molecule has 224 valence electrons. The average molecular weight is 590 g/mol. The van der Waals surface area contributed by atoms with Crippen molar-refractivity contribution in [2.45, 2.75) is 44.3 Å². The van der Waals surface area contributed by atoms with Crippen LogP contribution in [0.5, 0.6) is 5.75 Å². The quantitative estimate of drug-likeness (QED) is 0.281. The fourth-order valence-corrected chi connectivity index (χ4v) is 5.42. The molecule has 4 aromatic rings. The molecule has 5 rings (SSSR count). The predicted molar refractivity (Wildman–Crippen MR) is 155 cm³/mol. The van der Waals surface area contributed by atoms with E-state index < -0.39 is 17.6 Å². The molecule has 2 heterocycles. The lowest BCUT2D eigenvalue weighted by atomic mass is 9.90. The van der Waals surface area contributed by atoms with Crippen LogP contribution in [0.2, 0.25) is 0 Å². The van der Waals surface area contributed by atoms with Crippen LogP contribution in [-0.2, 0) is 6.54 Å². The van der Waals surface area contributed by atoms with Gasteiger partial charge in [0.15, 0.2) is 0 Å². The van der Waals surface area contributed by atoms with Gasteiger partial charge >= 0.3 is 6.03 Å². The molecule has 3 amide bonds. The number of nitrogen functional groups attached to an aromatic ring is 1. The van der Waals surface area contributed by atoms with Crippen molar-refractivity contribution in [2.75, 3.05) is 19.9 Å². The lowest BCUT2D eigenvalue weighted by Crippen LogP contribution is -2.43. The topological polar surface area (TPSA) is 176 Å². The summed E-state index contributed by atoms with van der Waals surface area (Å²) in [6.45, 7) is 0.169. The number of nitrogens with one attached hydrogen (secondary N) is 1. The lowest BCUT2D eigenvalue weighted by molar-refractivity contribution is 0.0946. The van der Waals surface area contributed by atoms with E-state index >= 15 is 0 Å². The number of rotatable bonds is 8. The number of hydrogen-bond donors (Lipinski definition) is 3. The molecular formula is C29H32FN9O4. The highest BCUT2D eigenvalue weighted by atomic mass is 19.1. The van der Waals surface area contributed by atoms with Crippen LogP contribution < -0.4 is 21.5 Å². The molecule has 43 heavy (non-hydrogen) atoms. The second kappa shape index (κ2) is 12.3. The Hall–Kier alpha value is -5.27. The van der Waals surface area contributed by atoms with Crippen LogP contribution in [-0.4, -0.2) is 67.5 Å². The van der Waals surface area contributed by atoms with Gasteiger partial charge < -0.3 is 26.4 Å². The first-order valence-electron chi connectivity index (χ1n) is 13.7. The van der Waals surface area contributed by atoms with Crippen LogP contribution in [0.4, 0.5) is 15.0 Å². The highest BCUT2D eigenvalue weighted by Gasteiger charge is 2.32. The number of carbonyl (C=O) groups excluding carboxylic acids is 3. The van der Waals surface area contributed by atoms with E-state index in [-0.39, 0.29) is 47.4 Å². The number of halogens is 1. The van der Waals surface area contributed by atoms with Crippen molar-refractivity contribution in [1.82, 2.24) is 34.8 Å². The van der Waals surface area contributed by atoms with Crippen molar-refractivity contribution in [2.24, 2.45) is 5.73 Å². The van der Waals surface area contributed by atoms with Gasteiger partial charge in [-0.1, -0.05) is 24.3 Å². The zero-order chi connectivity index (χ0) is 30.7. The predicted octanol–water partition coefficient (Wildman–Crippen LogP) is 2.98. The molecule has 2 atom stereocenters. The largest absolute Gasteiger partial charge is 0.496 e. The van der Waals surface area contributed by atoms with Crippen molar-refractivity contribution >= 4 is 23.7 Å². The van der Waals surface area contributed by atoms with Gasteiger partial charge in [-0.25, -0.2) is 18.9 Å². The third kappa shape index (κ3) is 6.03. The Morgan fingerprint density at radius 2 is 1.93 bits per heavy atom. The molecule has 0 spiro atoms. The van der Waals surface area contributed by atoms with Crippen LogP contribution in [0, 0.1) is 5.82 Å². The van der Waals surface area contributed by atoms with E-state index in [2.05, 4.69) is 15.4 Å². The minimum atomic E-state index is -0.704. The molecule has 1 fully saturated rings. The number of hydrogen-bond acceptors (Lipinski definition) is 8. The number of carbonyl (C=O) groups is 3. The Morgan fingerprint density at radius 1 is 1.16 bits per heavy atom. The molecular weight excluding hydrogens is 557 g/mol. The molecule has 1 saturated carbocycles. The van der Waals surface area contributed by atoms with Crippen LogP contribution in [0.3, 0.4) is 0 Å². The van der Waals surface area contributed by atoms with Gasteiger partial charge in [0.1, 0.15) is 41.3 Å². The average Bonchev–Trinajstić information content (AvgIpc) is 3.68. The van der Waals surface area contributed by atoms with Gasteiger partial charge in [-0.3, -0.25) is 9.59 Å². The number of anilines is 1. The Balaban J connectivity index is 1.32. The van der Waals surface area contributed by atoms with Crippen molar-refractivity contribution in [3.05, 3.63) is 77.6 Å². The number of benzene rings is 2. The maximum absolute atomic E-state index is 13.7. The number of primary amides is 1. The molecule has 2 aromatic heterocycles. The molecule has 0 bridgehead atoms. The summed E-state index contributed by atoms with van der Waals surface area (Å²) >= 11 is 0. The second-order valence-corrected chi connectivity index (χ2v) is 10.3. The molecule has 1 aliphatic carbocycles. The number of nitrogens with two attached hydrogens (primary N) is 2. The van der Waals surface area contributed by atoms with Crippen LogP contribution in [0.15, 0.2) is 55.1 Å². The summed E-state index contributed by atoms with van der Waals surface area (Å²) < 4.78 is 21.7. The van der Waals surface area contributed by atoms with Gasteiger partial charge in [-0.2, -0.15) is 14.9 Å². The Morgan fingerprint density at radius 3 is 2.60 bits per heavy atom. The van der Waals surface area contributed by atoms with Gasteiger partial charge in [0.2, 0.25) is 0 Å². The van der Waals surface area contributed by atoms with E-state index in [0.717, 1.165) is 30.9 Å². The number of methoxy groups -OCH3 is 1. The van der Waals surface area contributed by atoms with Crippen molar-refractivity contribution < 1.29 is 23.5 Å². The van der Waals surface area contributed by atoms with Crippen LogP contribution >= 0.6 is 0 Å². The van der Waals surface area contributed by atoms with E-state index in [0.29, 0.717) is 17.7 Å². The first kappa shape index (κ1) is 29.2. The maximum atomic E-state index is 13.7. The van der Waals surface area contributed by atoms with E-state index in [9.17, 15) is 18.8 Å². The standard InChI is InChI=1S/C29H32FN9O4/c1-37(29(42)38-16-33-15-35-38)20-4-3-5-21(13-20)39-26(31)24(27(32)40)25(36-39)18-8-6-17(7-9-18)14-34-28(41)22-12-19(30)10-11-23(22)43-2/h6-12,15-16,20-21H,3-5,13-14,31H2,1-2H3,(H2,32,40)(H,34,41)/t20-,21-/m1/s1. The van der Waals surface area contributed by atoms with Gasteiger partial charge in [0.25, 0.3) is 11.8 Å². The van der Waals surface area contributed by atoms with Crippen LogP contribution in [0.25, 0.3) is 11.3 Å². The van der Waals surface area contributed by atoms with Gasteiger partial charge in [-0.15, -0.1) is 0 Å². The number of ether oxygens (including phenoxy) is 1. The fourth-order valence-electron chi connectivity index (χ4n) is 5.42. The number of amides is 3. The number of nitrogens with zero attached hydrogens (tertiary/aromatic N) is 6. The zero-order valence-electron chi connectivity index (χ0n) is 23.7. The molecule has 0 unspecified atom stereocenters. The second-order valence-electron chi connectivity index (χ2n) is 10.3. The summed E-state index contributed by atoms with van der Waals surface area (Å²) in [6.07, 6.45) is 5.63. The lowest BCUT2D eigenvalue weighted by Gasteiger charge is -2.35. The molecule has 13 nitrogen and oxygen atoms in total. The molecule has 14 heteroatoms. The third-order valence-corrected chi connectivity index (χ3v) is 7.71. The summed E-state index contributed by atoms with van der Waals surface area (Å²) in [6, 6.07) is 10.3. The van der Waals surface area contributed by atoms with Crippen molar-refractivity contribution in [3.63, 3.8) is 0 Å². The minimum absolute atomic E-state index is 0.0881. The summed E-state index contributed by atoms with van der Waals surface area (Å²) in [4.78, 5) is 43.4. The SMILES string of the molecule is COc1ccc(F)cc1C(=O)NCc1ccc(-c2nn([C@@H]3CCC[C@@H](N(C)C(=O)n4cncn4)C3)c(N)c2C(N)=O)cc1. The summed E-state index contributed by atoms with van der Waals surface area (Å²) in [5.41, 5.74) is 14.1. The zero-order valence-corrected chi connectivity index (χ0v) is 23.7. The Labute approximate surface area is 246 Å². The maximum Gasteiger partial charge on any atom is 0.346 e. The van der Waals surface area contributed by atoms with Crippen molar-refractivity contribution in [3.8, 4) is 17.0 Å². The summed E-state index contributed by atoms with van der Waals surface area (Å²) in [5.74, 6) is -1.31. The molecule has 5 N–H and O–H groups in total. The molecule has 0 radical (unpaired) electrons. The first-order valence-corrected chi connectivity index (χ1v) is 13.7. The molecule has 0 saturated heterocycles. The van der Waals surface area contributed by atoms with E-state index in [4.69, 9.17) is 21.3 Å². The monoisotopic (exact) mass is 589 g/mol. The minimum Gasteiger partial charge on any atom is -0.496 e. The molecule has 1 aliphatic rings. The fraction of sp³-hybridized carbons (Fsp3) is 0.310. The molecule has 2 aromatic carbocycles. The van der Waals surface area contributed by atoms with E-state index in [1.807, 2.05) is 0 Å². The normalized spacial score (nSPS) is 16.4. The van der Waals surface area contributed by atoms with Gasteiger partial charge in [0, 0.05) is 25.2 Å². The third-order valence-electron chi connectivity index (χ3n) is 7.71. The smallest absolute Gasteiger partial charge is 0.346 e. The van der Waals surface area contributed by atoms with Crippen LogP contribution in [0.1, 0.15) is 58.0 Å². The van der Waals surface area contributed by atoms with Gasteiger partial charge in [-0.05, 0) is 49.4 Å². The first-order chi connectivity index (χ1) is 20.7. The Bertz CT molecular complexity index is 1640. The van der Waals surface area contributed by atoms with E-state index in [1.165, 1.54) is 36.6 Å². The highest BCUT2D eigenvalue weighted by molar-refractivity contribution is 6.03. The summed E-state index contributed by atoms with van der Waals surface area (Å²) in [5, 5.41) is 11.4. The van der Waals surface area contributed by atoms with Gasteiger partial charge in [0.05, 0.1) is 18.7 Å². The van der Waals surface area contributed by atoms with E-state index in [1.54, 1.807) is 40.9 Å². The Kier molecular flexibility index (Phi) is 8.36. The number of aromatic nitrogens is 5.